The molecule has 1 saturated heterocycles. The molecule has 1 aromatic carbocycles. The van der Waals surface area contributed by atoms with Crippen molar-refractivity contribution >= 4 is 11.6 Å². The van der Waals surface area contributed by atoms with Gasteiger partial charge in [0.1, 0.15) is 0 Å². The van der Waals surface area contributed by atoms with Gasteiger partial charge in [-0.3, -0.25) is 4.79 Å². The zero-order valence-corrected chi connectivity index (χ0v) is 12.9. The molecule has 20 heavy (non-hydrogen) atoms. The van der Waals surface area contributed by atoms with Crippen LogP contribution in [0.25, 0.3) is 0 Å². The Bertz CT molecular complexity index is 458. The highest BCUT2D eigenvalue weighted by atomic mass is 16.2. The van der Waals surface area contributed by atoms with Crippen LogP contribution in [-0.2, 0) is 0 Å². The van der Waals surface area contributed by atoms with Crippen LogP contribution in [0.2, 0.25) is 0 Å². The molecule has 0 aliphatic carbocycles. The van der Waals surface area contributed by atoms with E-state index in [9.17, 15) is 4.79 Å². The van der Waals surface area contributed by atoms with Crippen molar-refractivity contribution in [2.45, 2.75) is 46.1 Å². The summed E-state index contributed by atoms with van der Waals surface area (Å²) in [6.07, 6.45) is 3.39. The summed E-state index contributed by atoms with van der Waals surface area (Å²) in [5.41, 5.74) is 1.77. The summed E-state index contributed by atoms with van der Waals surface area (Å²) < 4.78 is 0. The van der Waals surface area contributed by atoms with Crippen molar-refractivity contribution in [3.63, 3.8) is 0 Å². The third kappa shape index (κ3) is 3.14. The van der Waals surface area contributed by atoms with Crippen LogP contribution in [0.1, 0.15) is 50.4 Å². The van der Waals surface area contributed by atoms with Gasteiger partial charge in [0.25, 0.3) is 5.91 Å². The Labute approximate surface area is 122 Å². The number of nitrogens with one attached hydrogen (secondary N) is 1. The quantitative estimate of drug-likeness (QED) is 0.906. The summed E-state index contributed by atoms with van der Waals surface area (Å²) in [6, 6.07) is 8.20. The fraction of sp³-hybridized carbons (Fsp3) is 0.588. The van der Waals surface area contributed by atoms with Crippen LogP contribution >= 0.6 is 0 Å². The number of anilines is 1. The summed E-state index contributed by atoms with van der Waals surface area (Å²) in [7, 11) is 0. The molecule has 0 bridgehead atoms. The van der Waals surface area contributed by atoms with Gasteiger partial charge in [0.05, 0.1) is 5.56 Å². The van der Waals surface area contributed by atoms with Crippen molar-refractivity contribution in [3.8, 4) is 0 Å². The number of para-hydroxylation sites is 1. The van der Waals surface area contributed by atoms with E-state index in [1.54, 1.807) is 0 Å². The zero-order valence-electron chi connectivity index (χ0n) is 12.9. The Morgan fingerprint density at radius 1 is 1.35 bits per heavy atom. The molecule has 1 aromatic rings. The number of hydrogen-bond donors (Lipinski definition) is 1. The van der Waals surface area contributed by atoms with Gasteiger partial charge < -0.3 is 10.2 Å². The molecule has 1 amide bonds. The maximum atomic E-state index is 12.8. The molecule has 0 spiro atoms. The first-order valence-corrected chi connectivity index (χ1v) is 7.79. The molecule has 0 radical (unpaired) electrons. The third-order valence-corrected chi connectivity index (χ3v) is 4.36. The maximum Gasteiger partial charge on any atom is 0.256 e. The zero-order chi connectivity index (χ0) is 14.5. The predicted molar refractivity (Wildman–Crippen MR) is 84.1 cm³/mol. The molecule has 1 heterocycles. The van der Waals surface area contributed by atoms with Gasteiger partial charge in [-0.2, -0.15) is 0 Å². The van der Waals surface area contributed by atoms with E-state index >= 15 is 0 Å². The molecular weight excluding hydrogens is 248 g/mol. The van der Waals surface area contributed by atoms with Gasteiger partial charge in [0.2, 0.25) is 0 Å². The fourth-order valence-electron chi connectivity index (χ4n) is 2.86. The van der Waals surface area contributed by atoms with E-state index in [1.807, 2.05) is 29.2 Å². The number of carbonyl (C=O) groups is 1. The topological polar surface area (TPSA) is 32.3 Å². The largest absolute Gasteiger partial charge is 0.384 e. The second-order valence-electron chi connectivity index (χ2n) is 5.83. The normalized spacial score (nSPS) is 22.6. The molecule has 2 rings (SSSR count). The first-order chi connectivity index (χ1) is 9.65. The minimum absolute atomic E-state index is 0.170. The van der Waals surface area contributed by atoms with Gasteiger partial charge in [-0.25, -0.2) is 0 Å². The van der Waals surface area contributed by atoms with Crippen LogP contribution in [0.3, 0.4) is 0 Å². The third-order valence-electron chi connectivity index (χ3n) is 4.36. The second kappa shape index (κ2) is 6.78. The molecule has 1 fully saturated rings. The van der Waals surface area contributed by atoms with Crippen molar-refractivity contribution in [2.75, 3.05) is 18.4 Å². The number of rotatable bonds is 4. The van der Waals surface area contributed by atoms with Crippen molar-refractivity contribution in [2.24, 2.45) is 5.92 Å². The average Bonchev–Trinajstić information content (AvgIpc) is 2.47. The van der Waals surface area contributed by atoms with Crippen molar-refractivity contribution < 1.29 is 4.79 Å². The smallest absolute Gasteiger partial charge is 0.256 e. The van der Waals surface area contributed by atoms with Crippen LogP contribution in [0, 0.1) is 5.92 Å². The van der Waals surface area contributed by atoms with Crippen molar-refractivity contribution in [1.29, 1.82) is 0 Å². The molecule has 2 unspecified atom stereocenters. The number of benzene rings is 1. The number of piperidine rings is 1. The Morgan fingerprint density at radius 2 is 2.10 bits per heavy atom. The minimum atomic E-state index is 0.170. The van der Waals surface area contributed by atoms with E-state index in [-0.39, 0.29) is 5.91 Å². The standard InChI is InChI=1S/C17H26N2O/c1-4-11-18-16-10-6-5-9-15(16)17(20)19-12-7-8-13(2)14(19)3/h5-6,9-10,13-14,18H,4,7-8,11-12H2,1-3H3. The van der Waals surface area contributed by atoms with Crippen LogP contribution in [-0.4, -0.2) is 29.9 Å². The Hall–Kier alpha value is -1.51. The molecule has 0 saturated carbocycles. The molecule has 1 aliphatic heterocycles. The highest BCUT2D eigenvalue weighted by Crippen LogP contribution is 2.26. The van der Waals surface area contributed by atoms with Crippen molar-refractivity contribution in [3.05, 3.63) is 29.8 Å². The second-order valence-corrected chi connectivity index (χ2v) is 5.83. The van der Waals surface area contributed by atoms with E-state index in [0.717, 1.165) is 37.2 Å². The van der Waals surface area contributed by atoms with E-state index in [1.165, 1.54) is 6.42 Å². The van der Waals surface area contributed by atoms with E-state index in [2.05, 4.69) is 26.1 Å². The number of carbonyl (C=O) groups excluding carboxylic acids is 1. The first kappa shape index (κ1) is 14.9. The number of likely N-dealkylation sites (tertiary alicyclic amines) is 1. The molecule has 1 aliphatic rings. The molecule has 2 atom stereocenters. The van der Waals surface area contributed by atoms with Gasteiger partial charge in [-0.05, 0) is 44.2 Å². The minimum Gasteiger partial charge on any atom is -0.384 e. The number of amides is 1. The van der Waals surface area contributed by atoms with Gasteiger partial charge in [0.15, 0.2) is 0 Å². The lowest BCUT2D eigenvalue weighted by atomic mass is 9.91. The molecule has 3 nitrogen and oxygen atoms in total. The van der Waals surface area contributed by atoms with Crippen LogP contribution in [0.5, 0.6) is 0 Å². The average molecular weight is 274 g/mol. The van der Waals surface area contributed by atoms with E-state index < -0.39 is 0 Å². The van der Waals surface area contributed by atoms with Gasteiger partial charge >= 0.3 is 0 Å². The lowest BCUT2D eigenvalue weighted by molar-refractivity contribution is 0.0552. The first-order valence-electron chi connectivity index (χ1n) is 7.79. The lowest BCUT2D eigenvalue weighted by Crippen LogP contribution is -2.46. The molecule has 1 N–H and O–H groups in total. The number of nitrogens with zero attached hydrogens (tertiary/aromatic N) is 1. The van der Waals surface area contributed by atoms with Gasteiger partial charge in [-0.1, -0.05) is 26.0 Å². The summed E-state index contributed by atoms with van der Waals surface area (Å²) >= 11 is 0. The molecule has 110 valence electrons. The fourth-order valence-corrected chi connectivity index (χ4v) is 2.86. The highest BCUT2D eigenvalue weighted by Gasteiger charge is 2.29. The SMILES string of the molecule is CCCNc1ccccc1C(=O)N1CCCC(C)C1C. The van der Waals surface area contributed by atoms with Crippen LogP contribution < -0.4 is 5.32 Å². The molecule has 3 heteroatoms. The number of hydrogen-bond acceptors (Lipinski definition) is 2. The summed E-state index contributed by atoms with van der Waals surface area (Å²) in [5.74, 6) is 0.756. The van der Waals surface area contributed by atoms with Gasteiger partial charge in [0, 0.05) is 24.8 Å². The summed E-state index contributed by atoms with van der Waals surface area (Å²) in [6.45, 7) is 8.32. The lowest BCUT2D eigenvalue weighted by Gasteiger charge is -2.38. The molecular formula is C17H26N2O. The van der Waals surface area contributed by atoms with E-state index in [0.29, 0.717) is 12.0 Å². The Balaban J connectivity index is 2.19. The van der Waals surface area contributed by atoms with Crippen LogP contribution in [0.15, 0.2) is 24.3 Å². The highest BCUT2D eigenvalue weighted by molar-refractivity contribution is 5.99. The Kier molecular flexibility index (Phi) is 5.05. The summed E-state index contributed by atoms with van der Waals surface area (Å²) in [5, 5.41) is 3.36. The predicted octanol–water partition coefficient (Wildman–Crippen LogP) is 3.77. The Morgan fingerprint density at radius 3 is 2.85 bits per heavy atom. The summed E-state index contributed by atoms with van der Waals surface area (Å²) in [4.78, 5) is 14.9. The monoisotopic (exact) mass is 274 g/mol. The van der Waals surface area contributed by atoms with Crippen LogP contribution in [0.4, 0.5) is 5.69 Å². The van der Waals surface area contributed by atoms with Crippen molar-refractivity contribution in [1.82, 2.24) is 4.90 Å². The molecule has 0 aromatic heterocycles. The maximum absolute atomic E-state index is 12.8. The van der Waals surface area contributed by atoms with E-state index in [4.69, 9.17) is 0 Å². The van der Waals surface area contributed by atoms with Gasteiger partial charge in [-0.15, -0.1) is 0 Å².